The molecular weight excluding hydrogens is 234 g/mol. The van der Waals surface area contributed by atoms with Crippen LogP contribution >= 0.6 is 0 Å². The Balaban J connectivity index is 0.0000000875. The van der Waals surface area contributed by atoms with Gasteiger partial charge in [-0.3, -0.25) is 0 Å². The standard InChI is InChI=1S/C6H11N.C5H9N.C5H11N/c1-2-7-4-6-3-5(1)6;1-4-2-6-3-5(1)4;1-5-3-2-4-6-5/h5-7H,1-4H2;4-6H,1-3H2;5-6H,2-4H2,1H3. The molecule has 110 valence electrons. The number of nitrogens with one attached hydrogen (secondary N) is 3. The Morgan fingerprint density at radius 1 is 0.737 bits per heavy atom. The molecule has 0 aromatic rings. The summed E-state index contributed by atoms with van der Waals surface area (Å²) in [6.45, 7) is 8.68. The van der Waals surface area contributed by atoms with Crippen LogP contribution in [0.1, 0.15) is 39.0 Å². The molecule has 5 unspecified atom stereocenters. The molecule has 0 spiro atoms. The lowest BCUT2D eigenvalue weighted by molar-refractivity contribution is 0.497. The minimum Gasteiger partial charge on any atom is -0.316 e. The summed E-state index contributed by atoms with van der Waals surface area (Å²) in [6.07, 6.45) is 7.24. The van der Waals surface area contributed by atoms with Crippen LogP contribution in [0.5, 0.6) is 0 Å². The summed E-state index contributed by atoms with van der Waals surface area (Å²) in [4.78, 5) is 0. The van der Waals surface area contributed by atoms with Crippen LogP contribution in [0.2, 0.25) is 0 Å². The van der Waals surface area contributed by atoms with E-state index in [-0.39, 0.29) is 0 Å². The molecule has 3 aliphatic heterocycles. The van der Waals surface area contributed by atoms with E-state index in [1.165, 1.54) is 64.8 Å². The van der Waals surface area contributed by atoms with Crippen LogP contribution in [0.3, 0.4) is 0 Å². The van der Waals surface area contributed by atoms with Crippen LogP contribution in [0, 0.1) is 23.7 Å². The van der Waals surface area contributed by atoms with E-state index in [2.05, 4.69) is 22.9 Å². The molecule has 3 heteroatoms. The van der Waals surface area contributed by atoms with Crippen molar-refractivity contribution >= 4 is 0 Å². The Labute approximate surface area is 118 Å². The SMILES string of the molecule is C1CC2CC2CN1.C1NCC2CC12.CC1CCCN1. The predicted octanol–water partition coefficient (Wildman–Crippen LogP) is 1.60. The summed E-state index contributed by atoms with van der Waals surface area (Å²) in [5.74, 6) is 4.44. The van der Waals surface area contributed by atoms with E-state index in [0.29, 0.717) is 0 Å². The summed E-state index contributed by atoms with van der Waals surface area (Å²) in [5.41, 5.74) is 0. The minimum atomic E-state index is 0.796. The highest BCUT2D eigenvalue weighted by Gasteiger charge is 2.40. The summed E-state index contributed by atoms with van der Waals surface area (Å²) in [5, 5.41) is 10.0. The van der Waals surface area contributed by atoms with Crippen molar-refractivity contribution in [3.63, 3.8) is 0 Å². The fourth-order valence-electron chi connectivity index (χ4n) is 3.61. The number of hydrogen-bond acceptors (Lipinski definition) is 3. The third-order valence-electron chi connectivity index (χ3n) is 5.36. The maximum absolute atomic E-state index is 3.38. The lowest BCUT2D eigenvalue weighted by Gasteiger charge is -2.08. The third kappa shape index (κ3) is 4.44. The maximum Gasteiger partial charge on any atom is 0.00391 e. The Morgan fingerprint density at radius 3 is 1.74 bits per heavy atom. The van der Waals surface area contributed by atoms with Crippen molar-refractivity contribution in [2.24, 2.45) is 23.7 Å². The topological polar surface area (TPSA) is 36.1 Å². The van der Waals surface area contributed by atoms with Gasteiger partial charge in [-0.2, -0.15) is 0 Å². The van der Waals surface area contributed by atoms with E-state index in [0.717, 1.165) is 29.7 Å². The van der Waals surface area contributed by atoms with Gasteiger partial charge >= 0.3 is 0 Å². The predicted molar refractivity (Wildman–Crippen MR) is 80.2 cm³/mol. The second-order valence-corrected chi connectivity index (χ2v) is 7.16. The molecule has 5 aliphatic rings. The molecular formula is C16H31N3. The second-order valence-electron chi connectivity index (χ2n) is 7.16. The fourth-order valence-corrected chi connectivity index (χ4v) is 3.61. The molecule has 0 amide bonds. The summed E-state index contributed by atoms with van der Waals surface area (Å²) in [6, 6.07) is 0.796. The highest BCUT2D eigenvalue weighted by atomic mass is 14.9. The van der Waals surface area contributed by atoms with Crippen molar-refractivity contribution in [3.05, 3.63) is 0 Å². The van der Waals surface area contributed by atoms with E-state index < -0.39 is 0 Å². The van der Waals surface area contributed by atoms with Gasteiger partial charge in [0, 0.05) is 6.04 Å². The molecule has 5 atom stereocenters. The van der Waals surface area contributed by atoms with Gasteiger partial charge in [0.05, 0.1) is 0 Å². The van der Waals surface area contributed by atoms with Gasteiger partial charge in [-0.1, -0.05) is 0 Å². The first-order chi connectivity index (χ1) is 9.33. The highest BCUT2D eigenvalue weighted by molar-refractivity contribution is 4.94. The quantitative estimate of drug-likeness (QED) is 0.623. The second kappa shape index (κ2) is 6.55. The van der Waals surface area contributed by atoms with Gasteiger partial charge in [0.25, 0.3) is 0 Å². The molecule has 2 aliphatic carbocycles. The molecule has 0 bridgehead atoms. The molecule has 3 N–H and O–H groups in total. The van der Waals surface area contributed by atoms with Crippen molar-refractivity contribution in [2.45, 2.75) is 45.1 Å². The zero-order valence-corrected chi connectivity index (χ0v) is 12.5. The molecule has 5 fully saturated rings. The zero-order chi connectivity index (χ0) is 13.1. The average Bonchev–Trinajstić information content (AvgIpc) is 3.29. The van der Waals surface area contributed by atoms with Gasteiger partial charge in [-0.05, 0) is 95.4 Å². The van der Waals surface area contributed by atoms with Gasteiger partial charge in [-0.25, -0.2) is 0 Å². The number of fused-ring (bicyclic) bond motifs is 2. The van der Waals surface area contributed by atoms with E-state index in [4.69, 9.17) is 0 Å². The van der Waals surface area contributed by atoms with Crippen molar-refractivity contribution in [3.8, 4) is 0 Å². The number of piperidine rings is 2. The normalized spacial score (nSPS) is 45.0. The van der Waals surface area contributed by atoms with Crippen LogP contribution < -0.4 is 16.0 Å². The van der Waals surface area contributed by atoms with Gasteiger partial charge in [-0.15, -0.1) is 0 Å². The minimum absolute atomic E-state index is 0.796. The molecule has 19 heavy (non-hydrogen) atoms. The number of hydrogen-bond donors (Lipinski definition) is 3. The maximum atomic E-state index is 3.38. The molecule has 2 saturated carbocycles. The summed E-state index contributed by atoms with van der Waals surface area (Å²) >= 11 is 0. The number of rotatable bonds is 0. The van der Waals surface area contributed by atoms with Gasteiger partial charge in [0.2, 0.25) is 0 Å². The first-order valence-electron chi connectivity index (χ1n) is 8.47. The van der Waals surface area contributed by atoms with Crippen molar-refractivity contribution in [1.82, 2.24) is 16.0 Å². The van der Waals surface area contributed by atoms with Crippen molar-refractivity contribution in [1.29, 1.82) is 0 Å². The molecule has 3 heterocycles. The lowest BCUT2D eigenvalue weighted by atomic mass is 10.2. The van der Waals surface area contributed by atoms with Gasteiger partial charge in [0.15, 0.2) is 0 Å². The Morgan fingerprint density at radius 2 is 1.42 bits per heavy atom. The molecule has 0 radical (unpaired) electrons. The summed E-state index contributed by atoms with van der Waals surface area (Å²) in [7, 11) is 0. The van der Waals surface area contributed by atoms with Gasteiger partial charge < -0.3 is 16.0 Å². The zero-order valence-electron chi connectivity index (χ0n) is 12.5. The van der Waals surface area contributed by atoms with E-state index in [1.807, 2.05) is 0 Å². The Kier molecular flexibility index (Phi) is 4.78. The summed E-state index contributed by atoms with van der Waals surface area (Å²) < 4.78 is 0. The van der Waals surface area contributed by atoms with E-state index >= 15 is 0 Å². The molecule has 3 nitrogen and oxygen atoms in total. The smallest absolute Gasteiger partial charge is 0.00391 e. The van der Waals surface area contributed by atoms with Crippen LogP contribution in [0.4, 0.5) is 0 Å². The highest BCUT2D eigenvalue weighted by Crippen LogP contribution is 2.42. The largest absolute Gasteiger partial charge is 0.316 e. The van der Waals surface area contributed by atoms with E-state index in [1.54, 1.807) is 0 Å². The first-order valence-corrected chi connectivity index (χ1v) is 8.47. The van der Waals surface area contributed by atoms with Crippen LogP contribution in [-0.2, 0) is 0 Å². The van der Waals surface area contributed by atoms with Crippen molar-refractivity contribution < 1.29 is 0 Å². The van der Waals surface area contributed by atoms with Gasteiger partial charge in [0.1, 0.15) is 0 Å². The van der Waals surface area contributed by atoms with Crippen LogP contribution in [-0.4, -0.2) is 38.8 Å². The molecule has 0 aromatic heterocycles. The monoisotopic (exact) mass is 265 g/mol. The molecule has 0 aromatic carbocycles. The Bertz CT molecular complexity index is 253. The first kappa shape index (κ1) is 13.8. The van der Waals surface area contributed by atoms with Crippen LogP contribution in [0.25, 0.3) is 0 Å². The van der Waals surface area contributed by atoms with E-state index in [9.17, 15) is 0 Å². The van der Waals surface area contributed by atoms with Crippen LogP contribution in [0.15, 0.2) is 0 Å². The molecule has 5 rings (SSSR count). The third-order valence-corrected chi connectivity index (χ3v) is 5.36. The average molecular weight is 265 g/mol. The van der Waals surface area contributed by atoms with Crippen molar-refractivity contribution in [2.75, 3.05) is 32.7 Å². The lowest BCUT2D eigenvalue weighted by Crippen LogP contribution is -2.23. The Hall–Kier alpha value is -0.120. The molecule has 3 saturated heterocycles. The fraction of sp³-hybridized carbons (Fsp3) is 1.00.